The van der Waals surface area contributed by atoms with Gasteiger partial charge in [-0.15, -0.1) is 0 Å². The number of alkyl halides is 3. The molecule has 1 aliphatic rings. The number of halogens is 3. The van der Waals surface area contributed by atoms with Gasteiger partial charge >= 0.3 is 6.18 Å². The molecule has 0 aromatic heterocycles. The summed E-state index contributed by atoms with van der Waals surface area (Å²) in [4.78, 5) is 14.8. The fourth-order valence-electron chi connectivity index (χ4n) is 3.81. The number of rotatable bonds is 6. The number of nitrogens with zero attached hydrogens (tertiary/aromatic N) is 2. The Labute approximate surface area is 192 Å². The quantitative estimate of drug-likeness (QED) is 0.187. The summed E-state index contributed by atoms with van der Waals surface area (Å²) in [5, 5.41) is 24.8. The van der Waals surface area contributed by atoms with Crippen molar-refractivity contribution >= 4 is 17.3 Å². The van der Waals surface area contributed by atoms with Crippen molar-refractivity contribution < 1.29 is 37.4 Å². The molecule has 1 heterocycles. The first-order chi connectivity index (χ1) is 15.9. The molecule has 0 radical (unpaired) electrons. The number of aliphatic imine (C=N–C) groups is 1. The minimum absolute atomic E-state index is 0.110. The number of nitrogens with one attached hydrogen (secondary N) is 1. The summed E-state index contributed by atoms with van der Waals surface area (Å²) in [6.07, 6.45) is -7.27. The van der Waals surface area contributed by atoms with Gasteiger partial charge in [0.05, 0.1) is 16.2 Å². The maximum atomic E-state index is 13.3. The van der Waals surface area contributed by atoms with E-state index in [0.29, 0.717) is 0 Å². The molecule has 0 spiro atoms. The summed E-state index contributed by atoms with van der Waals surface area (Å²) in [5.41, 5.74) is 2.85. The van der Waals surface area contributed by atoms with E-state index in [2.05, 4.69) is 10.3 Å². The molecule has 0 aliphatic carbocycles. The van der Waals surface area contributed by atoms with Crippen molar-refractivity contribution in [1.82, 2.24) is 0 Å². The van der Waals surface area contributed by atoms with Gasteiger partial charge in [0.15, 0.2) is 17.9 Å². The first-order valence-corrected chi connectivity index (χ1v) is 9.90. The zero-order valence-corrected chi connectivity index (χ0v) is 18.4. The van der Waals surface area contributed by atoms with Crippen LogP contribution >= 0.6 is 0 Å². The van der Waals surface area contributed by atoms with E-state index >= 15 is 0 Å². The Kier molecular flexibility index (Phi) is 7.00. The van der Waals surface area contributed by atoms with Crippen LogP contribution in [0.5, 0.6) is 5.75 Å². The molecule has 3 atom stereocenters. The molecule has 4 N–H and O–H groups in total. The number of hydrogen-bond acceptors (Lipinski definition) is 7. The number of methoxy groups -OCH3 is 2. The van der Waals surface area contributed by atoms with Crippen molar-refractivity contribution in [3.05, 3.63) is 63.7 Å². The number of ether oxygens (including phenoxy) is 3. The molecule has 3 unspecified atom stereocenters. The summed E-state index contributed by atoms with van der Waals surface area (Å²) in [6, 6.07) is 7.05. The predicted molar refractivity (Wildman–Crippen MR) is 115 cm³/mol. The minimum atomic E-state index is -4.65. The lowest BCUT2D eigenvalue weighted by Crippen LogP contribution is -2.59. The first kappa shape index (κ1) is 25.2. The van der Waals surface area contributed by atoms with Crippen molar-refractivity contribution in [2.45, 2.75) is 37.1 Å². The molecule has 0 saturated heterocycles. The lowest BCUT2D eigenvalue weighted by atomic mass is 9.84. The monoisotopic (exact) mass is 484 g/mol. The van der Waals surface area contributed by atoms with E-state index < -0.39 is 46.7 Å². The van der Waals surface area contributed by atoms with Crippen molar-refractivity contribution in [1.29, 1.82) is 0 Å². The van der Waals surface area contributed by atoms with Gasteiger partial charge in [0.25, 0.3) is 5.69 Å². The Balaban J connectivity index is 2.08. The van der Waals surface area contributed by atoms with E-state index in [1.54, 1.807) is 0 Å². The van der Waals surface area contributed by atoms with E-state index in [1.165, 1.54) is 51.5 Å². The number of nitrogens with two attached hydrogens (primary N) is 1. The Bertz CT molecular complexity index is 1090. The molecule has 0 amide bonds. The van der Waals surface area contributed by atoms with Gasteiger partial charge < -0.3 is 30.4 Å². The average Bonchev–Trinajstić information content (AvgIpc) is 2.77. The molecular weight excluding hydrogens is 461 g/mol. The van der Waals surface area contributed by atoms with Crippen LogP contribution < -0.4 is 15.8 Å². The zero-order chi connectivity index (χ0) is 25.3. The van der Waals surface area contributed by atoms with Gasteiger partial charge in [0.1, 0.15) is 17.9 Å². The van der Waals surface area contributed by atoms with Crippen LogP contribution in [0.25, 0.3) is 0 Å². The molecule has 184 valence electrons. The SMILES string of the molecule is COC(OC)C1(C)Oc2ccc([N+](=O)[O-])cc2C(N=C(N)Nc2ccccc2C(F)(F)F)C1O. The molecule has 0 fully saturated rings. The van der Waals surface area contributed by atoms with Gasteiger partial charge in [-0.2, -0.15) is 13.2 Å². The van der Waals surface area contributed by atoms with E-state index in [0.717, 1.165) is 12.1 Å². The number of fused-ring (bicyclic) bond motifs is 1. The van der Waals surface area contributed by atoms with Gasteiger partial charge in [-0.25, -0.2) is 4.99 Å². The van der Waals surface area contributed by atoms with Crippen molar-refractivity contribution in [3.63, 3.8) is 0 Å². The lowest BCUT2D eigenvalue weighted by Gasteiger charge is -2.45. The van der Waals surface area contributed by atoms with E-state index in [4.69, 9.17) is 19.9 Å². The minimum Gasteiger partial charge on any atom is -0.479 e. The van der Waals surface area contributed by atoms with Crippen LogP contribution in [0.1, 0.15) is 24.1 Å². The van der Waals surface area contributed by atoms with Crippen LogP contribution in [0, 0.1) is 10.1 Å². The molecule has 1 aliphatic heterocycles. The van der Waals surface area contributed by atoms with Crippen LogP contribution in [0.15, 0.2) is 47.5 Å². The summed E-state index contributed by atoms with van der Waals surface area (Å²) >= 11 is 0. The predicted octanol–water partition coefficient (Wildman–Crippen LogP) is 3.21. The lowest BCUT2D eigenvalue weighted by molar-refractivity contribution is -0.385. The van der Waals surface area contributed by atoms with Crippen molar-refractivity contribution in [3.8, 4) is 5.75 Å². The second kappa shape index (κ2) is 9.44. The second-order valence-electron chi connectivity index (χ2n) is 7.64. The molecular formula is C21H23F3N4O6. The first-order valence-electron chi connectivity index (χ1n) is 9.90. The van der Waals surface area contributed by atoms with Gasteiger partial charge in [-0.1, -0.05) is 12.1 Å². The zero-order valence-electron chi connectivity index (χ0n) is 18.4. The third-order valence-electron chi connectivity index (χ3n) is 5.41. The fraction of sp³-hybridized carbons (Fsp3) is 0.381. The van der Waals surface area contributed by atoms with Gasteiger partial charge in [-0.3, -0.25) is 10.1 Å². The Hall–Kier alpha value is -3.42. The third-order valence-corrected chi connectivity index (χ3v) is 5.41. The standard InChI is InChI=1S/C21H23F3N4O6/c1-20(18(32-2)33-3)17(29)16(12-10-11(28(30)31)8-9-15(12)34-20)27-19(25)26-14-7-5-4-6-13(14)21(22,23)24/h4-10,16-18,29H,1-3H3,(H3,25,26,27). The maximum absolute atomic E-state index is 13.3. The number of hydrogen-bond donors (Lipinski definition) is 3. The summed E-state index contributed by atoms with van der Waals surface area (Å²) in [5.74, 6) is -0.330. The second-order valence-corrected chi connectivity index (χ2v) is 7.64. The highest BCUT2D eigenvalue weighted by molar-refractivity contribution is 5.93. The normalized spacial score (nSPS) is 22.8. The van der Waals surface area contributed by atoms with Crippen molar-refractivity contribution in [2.24, 2.45) is 10.7 Å². The van der Waals surface area contributed by atoms with E-state index in [1.807, 2.05) is 0 Å². The van der Waals surface area contributed by atoms with Crippen LogP contribution in [0.2, 0.25) is 0 Å². The number of anilines is 1. The molecule has 13 heteroatoms. The molecule has 2 aromatic carbocycles. The Morgan fingerprint density at radius 2 is 1.94 bits per heavy atom. The number of nitro groups is 1. The summed E-state index contributed by atoms with van der Waals surface area (Å²) in [7, 11) is 2.65. The van der Waals surface area contributed by atoms with Crippen LogP contribution in [0.4, 0.5) is 24.5 Å². The number of aliphatic hydroxyl groups excluding tert-OH is 1. The molecule has 2 aromatic rings. The molecule has 0 bridgehead atoms. The van der Waals surface area contributed by atoms with Gasteiger partial charge in [0, 0.05) is 31.9 Å². The van der Waals surface area contributed by atoms with E-state index in [9.17, 15) is 28.4 Å². The number of para-hydroxylation sites is 1. The van der Waals surface area contributed by atoms with Crippen molar-refractivity contribution in [2.75, 3.05) is 19.5 Å². The van der Waals surface area contributed by atoms with Gasteiger partial charge in [-0.05, 0) is 25.1 Å². The number of benzene rings is 2. The fourth-order valence-corrected chi connectivity index (χ4v) is 3.81. The number of nitro benzene ring substituents is 1. The molecule has 10 nitrogen and oxygen atoms in total. The van der Waals surface area contributed by atoms with Crippen LogP contribution in [0.3, 0.4) is 0 Å². The van der Waals surface area contributed by atoms with Crippen LogP contribution in [-0.4, -0.2) is 48.2 Å². The molecule has 34 heavy (non-hydrogen) atoms. The number of guanidine groups is 1. The summed E-state index contributed by atoms with van der Waals surface area (Å²) < 4.78 is 56.4. The number of non-ortho nitro benzene ring substituents is 1. The van der Waals surface area contributed by atoms with Gasteiger partial charge in [0.2, 0.25) is 0 Å². The smallest absolute Gasteiger partial charge is 0.418 e. The van der Waals surface area contributed by atoms with E-state index in [-0.39, 0.29) is 22.7 Å². The summed E-state index contributed by atoms with van der Waals surface area (Å²) in [6.45, 7) is 1.48. The number of aliphatic hydroxyl groups is 1. The average molecular weight is 484 g/mol. The Morgan fingerprint density at radius 3 is 2.53 bits per heavy atom. The topological polar surface area (TPSA) is 141 Å². The maximum Gasteiger partial charge on any atom is 0.418 e. The third kappa shape index (κ3) is 4.76. The highest BCUT2D eigenvalue weighted by Crippen LogP contribution is 2.45. The highest BCUT2D eigenvalue weighted by atomic mass is 19.4. The van der Waals surface area contributed by atoms with Crippen LogP contribution in [-0.2, 0) is 15.7 Å². The highest BCUT2D eigenvalue weighted by Gasteiger charge is 2.52. The largest absolute Gasteiger partial charge is 0.479 e. The molecule has 3 rings (SSSR count). The molecule has 0 saturated carbocycles. The Morgan fingerprint density at radius 1 is 1.29 bits per heavy atom.